The van der Waals surface area contributed by atoms with Gasteiger partial charge in [-0.05, 0) is 91.4 Å². The average Bonchev–Trinajstić information content (AvgIpc) is 2.78. The fourth-order valence-corrected chi connectivity index (χ4v) is 4.31. The Labute approximate surface area is 181 Å². The molecule has 3 aromatic rings. The lowest BCUT2D eigenvalue weighted by atomic mass is 10.1. The maximum absolute atomic E-state index is 12.9. The molecular formula is C24H22N2O4S. The number of sulfone groups is 1. The Balaban J connectivity index is 1.47. The van der Waals surface area contributed by atoms with Crippen molar-refractivity contribution in [3.05, 3.63) is 96.4 Å². The second kappa shape index (κ2) is 8.57. The van der Waals surface area contributed by atoms with Crippen molar-refractivity contribution in [3.8, 4) is 17.2 Å². The first-order chi connectivity index (χ1) is 14.9. The quantitative estimate of drug-likeness (QED) is 0.540. The molecule has 0 amide bonds. The molecule has 7 heteroatoms. The molecule has 158 valence electrons. The van der Waals surface area contributed by atoms with Crippen LogP contribution in [0.25, 0.3) is 0 Å². The van der Waals surface area contributed by atoms with Crippen LogP contribution in [0.5, 0.6) is 17.2 Å². The van der Waals surface area contributed by atoms with E-state index in [-0.39, 0.29) is 9.79 Å². The lowest BCUT2D eigenvalue weighted by Gasteiger charge is -2.14. The monoisotopic (exact) mass is 434 g/mol. The third-order valence-electron chi connectivity index (χ3n) is 4.78. The number of nitrogens with two attached hydrogens (primary N) is 2. The number of allylic oxidation sites excluding steroid dienone is 4. The molecule has 1 aliphatic rings. The summed E-state index contributed by atoms with van der Waals surface area (Å²) in [6.07, 6.45) is 5.11. The summed E-state index contributed by atoms with van der Waals surface area (Å²) in [4.78, 5) is 0.371. The van der Waals surface area contributed by atoms with Crippen LogP contribution in [0, 0.1) is 0 Å². The third-order valence-corrected chi connectivity index (χ3v) is 6.56. The fourth-order valence-electron chi connectivity index (χ4n) is 3.05. The van der Waals surface area contributed by atoms with Crippen molar-refractivity contribution in [1.82, 2.24) is 0 Å². The summed E-state index contributed by atoms with van der Waals surface area (Å²) in [7, 11) is -3.66. The summed E-state index contributed by atoms with van der Waals surface area (Å²) in [5, 5.41) is 0. The van der Waals surface area contributed by atoms with Crippen LogP contribution in [0.3, 0.4) is 0 Å². The van der Waals surface area contributed by atoms with Gasteiger partial charge in [-0.3, -0.25) is 0 Å². The Hall–Kier alpha value is -3.71. The van der Waals surface area contributed by atoms with Crippen LogP contribution in [0.1, 0.15) is 12.8 Å². The van der Waals surface area contributed by atoms with E-state index in [0.717, 1.165) is 17.9 Å². The molecule has 0 aliphatic heterocycles. The van der Waals surface area contributed by atoms with E-state index in [2.05, 4.69) is 0 Å². The normalized spacial score (nSPS) is 13.8. The summed E-state index contributed by atoms with van der Waals surface area (Å²) in [6, 6.07) is 19.6. The van der Waals surface area contributed by atoms with Crippen molar-refractivity contribution in [3.63, 3.8) is 0 Å². The summed E-state index contributed by atoms with van der Waals surface area (Å²) < 4.78 is 37.4. The molecule has 6 nitrogen and oxygen atoms in total. The standard InChI is InChI=1S/C24H22N2O4S/c25-17-1-5-19(6-2-17)29-21-9-13-23(14-10-21)31(27,28)24-15-11-22(12-16-24)30-20-7-3-18(26)4-8-20/h1-3,5-7,9-16H,4,8,25-26H2. The van der Waals surface area contributed by atoms with Gasteiger partial charge in [0.25, 0.3) is 0 Å². The van der Waals surface area contributed by atoms with Gasteiger partial charge in [0, 0.05) is 17.8 Å². The highest BCUT2D eigenvalue weighted by atomic mass is 32.2. The van der Waals surface area contributed by atoms with E-state index in [4.69, 9.17) is 20.9 Å². The van der Waals surface area contributed by atoms with Crippen LogP contribution in [0.2, 0.25) is 0 Å². The van der Waals surface area contributed by atoms with Gasteiger partial charge in [-0.25, -0.2) is 8.42 Å². The number of hydrogen-bond acceptors (Lipinski definition) is 6. The van der Waals surface area contributed by atoms with Crippen LogP contribution >= 0.6 is 0 Å². The molecule has 4 rings (SSSR count). The summed E-state index contributed by atoms with van der Waals surface area (Å²) in [5.41, 5.74) is 12.9. The summed E-state index contributed by atoms with van der Waals surface area (Å²) in [5.74, 6) is 2.52. The molecule has 0 aromatic heterocycles. The average molecular weight is 435 g/mol. The molecule has 0 heterocycles. The van der Waals surface area contributed by atoms with E-state index in [1.807, 2.05) is 12.2 Å². The molecule has 4 N–H and O–H groups in total. The minimum atomic E-state index is -3.66. The molecule has 0 saturated heterocycles. The lowest BCUT2D eigenvalue weighted by Crippen LogP contribution is -2.05. The van der Waals surface area contributed by atoms with Crippen molar-refractivity contribution in [2.24, 2.45) is 5.73 Å². The molecule has 0 fully saturated rings. The Kier molecular flexibility index (Phi) is 5.68. The largest absolute Gasteiger partial charge is 0.462 e. The van der Waals surface area contributed by atoms with Gasteiger partial charge in [-0.1, -0.05) is 0 Å². The first kappa shape index (κ1) is 20.6. The maximum Gasteiger partial charge on any atom is 0.206 e. The molecular weight excluding hydrogens is 412 g/mol. The zero-order valence-electron chi connectivity index (χ0n) is 16.7. The minimum Gasteiger partial charge on any atom is -0.462 e. The first-order valence-corrected chi connectivity index (χ1v) is 11.2. The number of hydrogen-bond donors (Lipinski definition) is 2. The zero-order valence-corrected chi connectivity index (χ0v) is 17.5. The highest BCUT2D eigenvalue weighted by Gasteiger charge is 2.18. The van der Waals surface area contributed by atoms with E-state index in [9.17, 15) is 8.42 Å². The van der Waals surface area contributed by atoms with Gasteiger partial charge >= 0.3 is 0 Å². The van der Waals surface area contributed by atoms with Crippen LogP contribution < -0.4 is 20.9 Å². The number of anilines is 1. The Morgan fingerprint density at radius 2 is 1.10 bits per heavy atom. The van der Waals surface area contributed by atoms with E-state index in [1.54, 1.807) is 48.5 Å². The van der Waals surface area contributed by atoms with E-state index >= 15 is 0 Å². The number of benzene rings is 3. The lowest BCUT2D eigenvalue weighted by molar-refractivity contribution is 0.400. The van der Waals surface area contributed by atoms with Gasteiger partial charge in [-0.15, -0.1) is 0 Å². The molecule has 1 aliphatic carbocycles. The summed E-state index contributed by atoms with van der Waals surface area (Å²) >= 11 is 0. The van der Waals surface area contributed by atoms with Crippen LogP contribution in [0.4, 0.5) is 5.69 Å². The van der Waals surface area contributed by atoms with E-state index < -0.39 is 9.84 Å². The molecule has 0 spiro atoms. The van der Waals surface area contributed by atoms with Crippen molar-refractivity contribution in [2.75, 3.05) is 5.73 Å². The molecule has 0 radical (unpaired) electrons. The van der Waals surface area contributed by atoms with Crippen molar-refractivity contribution in [1.29, 1.82) is 0 Å². The first-order valence-electron chi connectivity index (χ1n) is 9.72. The Morgan fingerprint density at radius 3 is 1.58 bits per heavy atom. The Morgan fingerprint density at radius 1 is 0.613 bits per heavy atom. The highest BCUT2D eigenvalue weighted by molar-refractivity contribution is 7.91. The van der Waals surface area contributed by atoms with E-state index in [0.29, 0.717) is 29.4 Å². The number of nitrogen functional groups attached to an aromatic ring is 1. The van der Waals surface area contributed by atoms with Gasteiger partial charge in [0.1, 0.15) is 23.0 Å². The summed E-state index contributed by atoms with van der Waals surface area (Å²) in [6.45, 7) is 0. The van der Waals surface area contributed by atoms with Gasteiger partial charge in [-0.2, -0.15) is 0 Å². The molecule has 0 saturated carbocycles. The number of rotatable bonds is 6. The second-order valence-electron chi connectivity index (χ2n) is 7.09. The van der Waals surface area contributed by atoms with Crippen LogP contribution in [-0.4, -0.2) is 8.42 Å². The smallest absolute Gasteiger partial charge is 0.206 e. The zero-order chi connectivity index (χ0) is 21.8. The van der Waals surface area contributed by atoms with Crippen molar-refractivity contribution < 1.29 is 17.9 Å². The van der Waals surface area contributed by atoms with E-state index in [1.165, 1.54) is 24.3 Å². The predicted molar refractivity (Wildman–Crippen MR) is 119 cm³/mol. The molecule has 3 aromatic carbocycles. The Bertz CT molecular complexity index is 1230. The number of ether oxygens (including phenoxy) is 2. The van der Waals surface area contributed by atoms with Crippen LogP contribution in [-0.2, 0) is 9.84 Å². The highest BCUT2D eigenvalue weighted by Crippen LogP contribution is 2.28. The maximum atomic E-state index is 12.9. The minimum absolute atomic E-state index is 0.182. The predicted octanol–water partition coefficient (Wildman–Crippen LogP) is 4.79. The topological polar surface area (TPSA) is 105 Å². The van der Waals surface area contributed by atoms with Crippen molar-refractivity contribution in [2.45, 2.75) is 22.6 Å². The van der Waals surface area contributed by atoms with Gasteiger partial charge in [0.05, 0.1) is 9.79 Å². The molecule has 0 unspecified atom stereocenters. The molecule has 0 atom stereocenters. The fraction of sp³-hybridized carbons (Fsp3) is 0.0833. The van der Waals surface area contributed by atoms with Crippen molar-refractivity contribution >= 4 is 15.5 Å². The second-order valence-corrected chi connectivity index (χ2v) is 9.04. The third kappa shape index (κ3) is 4.90. The molecule has 0 bridgehead atoms. The van der Waals surface area contributed by atoms with Gasteiger partial charge in [0.15, 0.2) is 0 Å². The van der Waals surface area contributed by atoms with Gasteiger partial charge < -0.3 is 20.9 Å². The van der Waals surface area contributed by atoms with Crippen LogP contribution in [0.15, 0.2) is 106 Å². The molecule has 31 heavy (non-hydrogen) atoms. The SMILES string of the molecule is NC1=CC=C(Oc2ccc(S(=O)(=O)c3ccc(Oc4ccc(N)cc4)cc3)cc2)CC1. The van der Waals surface area contributed by atoms with Gasteiger partial charge in [0.2, 0.25) is 9.84 Å².